The van der Waals surface area contributed by atoms with Gasteiger partial charge in [0.2, 0.25) is 0 Å². The van der Waals surface area contributed by atoms with E-state index in [1.54, 1.807) is 0 Å². The van der Waals surface area contributed by atoms with Crippen molar-refractivity contribution in [2.45, 2.75) is 14.0 Å². The fourth-order valence-electron chi connectivity index (χ4n) is 0. The minimum absolute atomic E-state index is 0.637. The second-order valence-corrected chi connectivity index (χ2v) is 11.6. The van der Waals surface area contributed by atoms with Crippen molar-refractivity contribution in [3.8, 4) is 0 Å². The molecule has 0 amide bonds. The second kappa shape index (κ2) is 2.13. The third kappa shape index (κ3) is 13.3. The summed E-state index contributed by atoms with van der Waals surface area (Å²) in [5, 5.41) is 0. The summed E-state index contributed by atoms with van der Waals surface area (Å²) >= 11 is -0.637. The van der Waals surface area contributed by atoms with Crippen molar-refractivity contribution in [2.75, 3.05) is 0 Å². The van der Waals surface area contributed by atoms with Gasteiger partial charge in [-0.3, -0.25) is 0 Å². The van der Waals surface area contributed by atoms with Gasteiger partial charge in [-0.1, -0.05) is 0 Å². The summed E-state index contributed by atoms with van der Waals surface area (Å²) in [7, 11) is 0. The molecule has 0 unspecified atom stereocenters. The zero-order valence-electron chi connectivity index (χ0n) is 3.58. The minimum atomic E-state index is -0.637. The fourth-order valence-corrected chi connectivity index (χ4v) is 0. The molecule has 0 nitrogen and oxygen atoms in total. The molecule has 0 aromatic carbocycles. The molecular weight excluding hydrogens is 39.0 g/mol. The molecule has 0 heterocycles. The van der Waals surface area contributed by atoms with E-state index >= 15 is 0 Å². The second-order valence-electron chi connectivity index (χ2n) is 1.73. The Morgan fingerprint density at radius 2 is 1.00 bits per heavy atom. The van der Waals surface area contributed by atoms with Gasteiger partial charge in [-0.2, -0.15) is 0 Å². The van der Waals surface area contributed by atoms with E-state index in [4.69, 9.17) is 0 Å². The van der Waals surface area contributed by atoms with E-state index in [0.29, 0.717) is 0 Å². The predicted octanol–water partition coefficient (Wildman–Crippen LogP) is 1.37. The van der Waals surface area contributed by atoms with Gasteiger partial charge in [0.1, 0.15) is 0 Å². The Hall–Kier alpha value is 0.870. The molecule has 0 aliphatic heterocycles. The van der Waals surface area contributed by atoms with Gasteiger partial charge in [0, 0.05) is 0 Å². The van der Waals surface area contributed by atoms with Gasteiger partial charge in [-0.15, -0.1) is 0 Å². The Balaban J connectivity index is 2.32. The molecule has 0 bridgehead atoms. The van der Waals surface area contributed by atoms with Gasteiger partial charge in [0.05, 0.1) is 0 Å². The monoisotopic (exact) mass is 48.1 g/mol. The quantitative estimate of drug-likeness (QED) is 0.388. The van der Waals surface area contributed by atoms with Crippen LogP contribution in [0.3, 0.4) is 0 Å². The van der Waals surface area contributed by atoms with Crippen molar-refractivity contribution in [3.63, 3.8) is 0 Å². The van der Waals surface area contributed by atoms with E-state index in [1.807, 2.05) is 0 Å². The Kier molecular flexibility index (Phi) is 2.59. The number of hydrogen-bond donors (Lipinski definition) is 0. The van der Waals surface area contributed by atoms with Crippen LogP contribution in [-0.2, 0) is 0 Å². The molecule has 0 spiro atoms. The van der Waals surface area contributed by atoms with Crippen LogP contribution in [0.4, 0.5) is 0 Å². The van der Waals surface area contributed by atoms with Crippen LogP contribution >= 0.6 is 0 Å². The normalized spacial score (nSPS) is 6.75. The Morgan fingerprint density at radius 3 is 1.00 bits per heavy atom. The molecule has 0 aliphatic carbocycles. The summed E-state index contributed by atoms with van der Waals surface area (Å²) in [5.74, 6) is 0. The molecule has 0 aromatic heterocycles. The van der Waals surface area contributed by atoms with Gasteiger partial charge in [0.25, 0.3) is 0 Å². The van der Waals surface area contributed by atoms with Crippen molar-refractivity contribution in [1.29, 1.82) is 0 Å². The first-order valence-corrected chi connectivity index (χ1v) is 11.6. The van der Waals surface area contributed by atoms with Crippen molar-refractivity contribution in [1.82, 2.24) is 0 Å². The van der Waals surface area contributed by atoms with E-state index < -0.39 is 21.4 Å². The van der Waals surface area contributed by atoms with E-state index in [-0.39, 0.29) is 0 Å². The first-order chi connectivity index (χ1) is 1.73. The molecule has 4 heavy (non-hydrogen) atoms. The average Bonchev–Trinajstić information content (AvgIpc) is 0.811. The van der Waals surface area contributed by atoms with E-state index in [1.165, 1.54) is 0 Å². The molecule has 0 aliphatic rings. The van der Waals surface area contributed by atoms with Crippen molar-refractivity contribution < 1.29 is 0 Å². The first-order valence-electron chi connectivity index (χ1n) is 1.73. The van der Waals surface area contributed by atoms with Crippen LogP contribution in [-0.4, -0.2) is 21.4 Å². The van der Waals surface area contributed by atoms with Crippen molar-refractivity contribution in [3.05, 3.63) is 0 Å². The van der Waals surface area contributed by atoms with Gasteiger partial charge in [0.15, 0.2) is 0 Å². The summed E-state index contributed by atoms with van der Waals surface area (Å²) in [6.07, 6.45) is 0. The molecule has 1 heteroatoms. The van der Waals surface area contributed by atoms with Gasteiger partial charge in [-0.05, 0) is 0 Å². The summed E-state index contributed by atoms with van der Waals surface area (Å²) in [4.78, 5) is 0. The standard InChI is InChI=1S/3CH3.In/h3*1H3;/i;;;1+45. The summed E-state index contributed by atoms with van der Waals surface area (Å²) in [6.45, 7) is 0. The predicted molar refractivity (Wildman–Crippen MR) is 23.3 cm³/mol. The molecule has 24 valence electrons. The molecule has 0 rings (SSSR count). The van der Waals surface area contributed by atoms with Crippen LogP contribution in [0.2, 0.25) is 14.0 Å². The summed E-state index contributed by atoms with van der Waals surface area (Å²) in [5.41, 5.74) is 0. The molecule has 0 atom stereocenters. The molecular formula is C3H9In. The van der Waals surface area contributed by atoms with Crippen molar-refractivity contribution in [2.24, 2.45) is 0 Å². The SMILES string of the molecule is [CH3][3In]([CH3])[CH3]. The Bertz CT molecular complexity index is 8.00. The van der Waals surface area contributed by atoms with E-state index in [9.17, 15) is 0 Å². The number of hydrogen-bond acceptors (Lipinski definition) is 0. The third-order valence-corrected chi connectivity index (χ3v) is 0. The Labute approximate surface area is 35.7 Å². The average molecular weight is 48.1 g/mol. The van der Waals surface area contributed by atoms with Crippen LogP contribution < -0.4 is 0 Å². The summed E-state index contributed by atoms with van der Waals surface area (Å²) in [6, 6.07) is 0. The first kappa shape index (κ1) is 4.87. The zero-order valence-corrected chi connectivity index (χ0v) is 6.87. The molecule has 0 saturated carbocycles. The maximum atomic E-state index is 2.38. The number of rotatable bonds is 0. The molecule has 0 N–H and O–H groups in total. The molecule has 0 fully saturated rings. The fraction of sp³-hybridized carbons (Fsp3) is 1.00. The van der Waals surface area contributed by atoms with E-state index in [0.717, 1.165) is 0 Å². The molecule has 0 aromatic rings. The van der Waals surface area contributed by atoms with Crippen LogP contribution in [0.5, 0.6) is 0 Å². The third-order valence-electron chi connectivity index (χ3n) is 0. The van der Waals surface area contributed by atoms with Crippen LogP contribution in [0.25, 0.3) is 0 Å². The molecule has 0 saturated heterocycles. The molecule has 0 radical (unpaired) electrons. The Morgan fingerprint density at radius 1 is 1.00 bits per heavy atom. The summed E-state index contributed by atoms with van der Waals surface area (Å²) < 4.78 is 7.13. The maximum absolute atomic E-state index is 2.38. The van der Waals surface area contributed by atoms with Gasteiger partial charge in [-0.25, -0.2) is 0 Å². The van der Waals surface area contributed by atoms with Crippen LogP contribution in [0.15, 0.2) is 0 Å². The van der Waals surface area contributed by atoms with E-state index in [2.05, 4.69) is 14.0 Å². The van der Waals surface area contributed by atoms with Crippen molar-refractivity contribution >= 4 is 21.4 Å². The van der Waals surface area contributed by atoms with Crippen LogP contribution in [0.1, 0.15) is 0 Å². The topological polar surface area (TPSA) is 0 Å². The van der Waals surface area contributed by atoms with Gasteiger partial charge >= 0.3 is 35.5 Å². The van der Waals surface area contributed by atoms with Crippen LogP contribution in [0, 0.1) is 0 Å². The van der Waals surface area contributed by atoms with Gasteiger partial charge < -0.3 is 0 Å². The zero-order chi connectivity index (χ0) is 3.58.